The van der Waals surface area contributed by atoms with Crippen LogP contribution in [0, 0.1) is 12.8 Å². The van der Waals surface area contributed by atoms with Crippen LogP contribution in [0.2, 0.25) is 0 Å². The molecule has 1 aliphatic heterocycles. The first kappa shape index (κ1) is 20.3. The Morgan fingerprint density at radius 1 is 1.25 bits per heavy atom. The Labute approximate surface area is 168 Å². The third-order valence-electron chi connectivity index (χ3n) is 5.41. The van der Waals surface area contributed by atoms with E-state index in [-0.39, 0.29) is 11.8 Å². The summed E-state index contributed by atoms with van der Waals surface area (Å²) in [6.07, 6.45) is 3.44. The van der Waals surface area contributed by atoms with E-state index in [0.29, 0.717) is 18.3 Å². The maximum Gasteiger partial charge on any atom is 0.228 e. The fraction of sp³-hybridized carbons (Fsp3) is 0.478. The van der Waals surface area contributed by atoms with Crippen molar-refractivity contribution >= 4 is 11.7 Å². The summed E-state index contributed by atoms with van der Waals surface area (Å²) in [7, 11) is 0. The highest BCUT2D eigenvalue weighted by molar-refractivity contribution is 5.91. The van der Waals surface area contributed by atoms with Gasteiger partial charge in [0, 0.05) is 18.7 Å². The van der Waals surface area contributed by atoms with Crippen LogP contribution in [-0.2, 0) is 4.79 Å². The number of carbonyl (C=O) groups excluding carboxylic acids is 1. The molecule has 0 saturated carbocycles. The number of ether oxygens (including phenoxy) is 1. The number of anilines is 1. The van der Waals surface area contributed by atoms with Crippen molar-refractivity contribution in [2.45, 2.75) is 39.5 Å². The Balaban J connectivity index is 1.39. The number of amides is 1. The highest BCUT2D eigenvalue weighted by Gasteiger charge is 2.25. The zero-order chi connectivity index (χ0) is 19.9. The van der Waals surface area contributed by atoms with Gasteiger partial charge in [0.25, 0.3) is 0 Å². The van der Waals surface area contributed by atoms with Crippen molar-refractivity contribution in [3.8, 4) is 5.75 Å². The molecule has 5 nitrogen and oxygen atoms in total. The van der Waals surface area contributed by atoms with E-state index in [4.69, 9.17) is 4.74 Å². The number of aryl methyl sites for hydroxylation is 1. The zero-order valence-corrected chi connectivity index (χ0v) is 17.1. The lowest BCUT2D eigenvalue weighted by Crippen LogP contribution is -2.40. The van der Waals surface area contributed by atoms with Gasteiger partial charge in [-0.2, -0.15) is 0 Å². The third kappa shape index (κ3) is 5.55. The quantitative estimate of drug-likeness (QED) is 0.779. The lowest BCUT2D eigenvalue weighted by atomic mass is 9.96. The van der Waals surface area contributed by atoms with E-state index < -0.39 is 0 Å². The Morgan fingerprint density at radius 3 is 2.68 bits per heavy atom. The number of hydrogen-bond acceptors (Lipinski definition) is 4. The van der Waals surface area contributed by atoms with Crippen LogP contribution >= 0.6 is 0 Å². The Bertz CT molecular complexity index is 769. The molecule has 150 valence electrons. The van der Waals surface area contributed by atoms with Gasteiger partial charge in [-0.15, -0.1) is 0 Å². The van der Waals surface area contributed by atoms with Crippen molar-refractivity contribution in [2.24, 2.45) is 5.92 Å². The average molecular weight is 382 g/mol. The first-order valence-electron chi connectivity index (χ1n) is 10.2. The minimum absolute atomic E-state index is 0.0606. The molecule has 1 N–H and O–H groups in total. The lowest BCUT2D eigenvalue weighted by molar-refractivity contribution is -0.121. The van der Waals surface area contributed by atoms with Gasteiger partial charge in [0.15, 0.2) is 0 Å². The average Bonchev–Trinajstić information content (AvgIpc) is 2.69. The summed E-state index contributed by atoms with van der Waals surface area (Å²) in [6.45, 7) is 9.98. The number of pyridine rings is 1. The van der Waals surface area contributed by atoms with Gasteiger partial charge in [0.2, 0.25) is 5.91 Å². The van der Waals surface area contributed by atoms with Crippen molar-refractivity contribution in [1.82, 2.24) is 9.88 Å². The molecule has 0 spiro atoms. The Hall–Kier alpha value is -2.40. The van der Waals surface area contributed by atoms with E-state index >= 15 is 0 Å². The first-order valence-corrected chi connectivity index (χ1v) is 10.2. The van der Waals surface area contributed by atoms with Crippen molar-refractivity contribution in [3.63, 3.8) is 0 Å². The molecule has 5 heteroatoms. The highest BCUT2D eigenvalue weighted by atomic mass is 16.5. The van der Waals surface area contributed by atoms with Crippen molar-refractivity contribution < 1.29 is 9.53 Å². The monoisotopic (exact) mass is 381 g/mol. The smallest absolute Gasteiger partial charge is 0.228 e. The highest BCUT2D eigenvalue weighted by Crippen LogP contribution is 2.24. The van der Waals surface area contributed by atoms with Crippen molar-refractivity contribution in [3.05, 3.63) is 53.7 Å². The first-order chi connectivity index (χ1) is 13.5. The minimum Gasteiger partial charge on any atom is -0.492 e. The van der Waals surface area contributed by atoms with Crippen LogP contribution < -0.4 is 10.1 Å². The molecule has 1 aromatic carbocycles. The fourth-order valence-corrected chi connectivity index (χ4v) is 3.76. The predicted molar refractivity (Wildman–Crippen MR) is 113 cm³/mol. The van der Waals surface area contributed by atoms with Gasteiger partial charge in [-0.3, -0.25) is 9.69 Å². The summed E-state index contributed by atoms with van der Waals surface area (Å²) in [5.41, 5.74) is 2.66. The van der Waals surface area contributed by atoms with E-state index in [2.05, 4.69) is 54.2 Å². The van der Waals surface area contributed by atoms with E-state index in [9.17, 15) is 4.79 Å². The summed E-state index contributed by atoms with van der Waals surface area (Å²) < 4.78 is 5.95. The molecule has 28 heavy (non-hydrogen) atoms. The summed E-state index contributed by atoms with van der Waals surface area (Å²) in [5, 5.41) is 2.92. The van der Waals surface area contributed by atoms with Gasteiger partial charge in [0.1, 0.15) is 18.2 Å². The predicted octanol–water partition coefficient (Wildman–Crippen LogP) is 4.24. The van der Waals surface area contributed by atoms with E-state index in [1.54, 1.807) is 6.20 Å². The minimum atomic E-state index is 0.0606. The van der Waals surface area contributed by atoms with Crippen LogP contribution in [0.25, 0.3) is 0 Å². The Morgan fingerprint density at radius 2 is 2.04 bits per heavy atom. The fourth-order valence-electron chi connectivity index (χ4n) is 3.76. The number of carbonyl (C=O) groups is 1. The number of nitrogens with zero attached hydrogens (tertiary/aromatic N) is 2. The number of aromatic nitrogens is 1. The zero-order valence-electron chi connectivity index (χ0n) is 17.1. The van der Waals surface area contributed by atoms with E-state index in [0.717, 1.165) is 38.2 Å². The molecule has 2 aromatic rings. The molecule has 1 amide bonds. The Kier molecular flexibility index (Phi) is 7.04. The lowest BCUT2D eigenvalue weighted by Gasteiger charge is -2.31. The molecule has 0 radical (unpaired) electrons. The molecule has 2 heterocycles. The molecule has 0 bridgehead atoms. The van der Waals surface area contributed by atoms with Crippen molar-refractivity contribution in [2.75, 3.05) is 31.6 Å². The van der Waals surface area contributed by atoms with Gasteiger partial charge < -0.3 is 10.1 Å². The number of piperidine rings is 1. The largest absolute Gasteiger partial charge is 0.492 e. The molecule has 1 fully saturated rings. The van der Waals surface area contributed by atoms with Gasteiger partial charge in [-0.05, 0) is 74.2 Å². The van der Waals surface area contributed by atoms with Crippen LogP contribution in [0.5, 0.6) is 5.75 Å². The molecule has 1 aromatic heterocycles. The molecule has 1 aliphatic rings. The van der Waals surface area contributed by atoms with Crippen LogP contribution in [0.15, 0.2) is 42.6 Å². The summed E-state index contributed by atoms with van der Waals surface area (Å²) >= 11 is 0. The van der Waals surface area contributed by atoms with Crippen LogP contribution in [0.3, 0.4) is 0 Å². The number of benzene rings is 1. The number of likely N-dealkylation sites (tertiary alicyclic amines) is 1. The van der Waals surface area contributed by atoms with Crippen LogP contribution in [0.4, 0.5) is 5.82 Å². The molecule has 0 unspecified atom stereocenters. The van der Waals surface area contributed by atoms with E-state index in [1.807, 2.05) is 18.2 Å². The van der Waals surface area contributed by atoms with Crippen molar-refractivity contribution in [1.29, 1.82) is 0 Å². The third-order valence-corrected chi connectivity index (χ3v) is 5.41. The summed E-state index contributed by atoms with van der Waals surface area (Å²) in [5.74, 6) is 2.24. The molecule has 0 aliphatic carbocycles. The van der Waals surface area contributed by atoms with Gasteiger partial charge in [-0.1, -0.05) is 26.0 Å². The number of rotatable bonds is 7. The topological polar surface area (TPSA) is 54.5 Å². The molecule has 3 rings (SSSR count). The standard InChI is InChI=1S/C23H31N3O2/c1-17(2)21-8-7-20(16-18(21)3)28-15-14-26-12-9-19(10-13-26)23(27)25-22-6-4-5-11-24-22/h4-8,11,16-17,19H,9-10,12-15H2,1-3H3,(H,24,25,27). The molecule has 1 saturated heterocycles. The SMILES string of the molecule is Cc1cc(OCCN2CCC(C(=O)Nc3ccccn3)CC2)ccc1C(C)C. The second kappa shape index (κ2) is 9.69. The van der Waals surface area contributed by atoms with Gasteiger partial charge in [-0.25, -0.2) is 4.98 Å². The maximum absolute atomic E-state index is 12.4. The maximum atomic E-state index is 12.4. The molecular weight excluding hydrogens is 350 g/mol. The summed E-state index contributed by atoms with van der Waals surface area (Å²) in [4.78, 5) is 18.9. The second-order valence-corrected chi connectivity index (χ2v) is 7.84. The van der Waals surface area contributed by atoms with Gasteiger partial charge >= 0.3 is 0 Å². The normalized spacial score (nSPS) is 15.6. The van der Waals surface area contributed by atoms with Crippen LogP contribution in [-0.4, -0.2) is 42.0 Å². The molecule has 0 atom stereocenters. The number of hydrogen-bond donors (Lipinski definition) is 1. The second-order valence-electron chi connectivity index (χ2n) is 7.84. The van der Waals surface area contributed by atoms with Crippen LogP contribution in [0.1, 0.15) is 43.7 Å². The number of nitrogens with one attached hydrogen (secondary N) is 1. The van der Waals surface area contributed by atoms with E-state index in [1.165, 1.54) is 11.1 Å². The summed E-state index contributed by atoms with van der Waals surface area (Å²) in [6, 6.07) is 11.9. The van der Waals surface area contributed by atoms with Gasteiger partial charge in [0.05, 0.1) is 0 Å². The molecular formula is C23H31N3O2.